The highest BCUT2D eigenvalue weighted by Crippen LogP contribution is 2.50. The number of hydrogen-bond acceptors (Lipinski definition) is 14. The summed E-state index contributed by atoms with van der Waals surface area (Å²) in [6.45, 7) is 0. The number of ketones is 3. The fourth-order valence-electron chi connectivity index (χ4n) is 5.01. The number of phenolic OH excluding ortho intramolecular Hbond substituents is 5. The average molecular weight is 604 g/mol. The highest BCUT2D eigenvalue weighted by Gasteiger charge is 2.65. The molecule has 44 heavy (non-hydrogen) atoms. The van der Waals surface area contributed by atoms with Crippen LogP contribution in [0.4, 0.5) is 0 Å². The minimum atomic E-state index is -3.55. The Hall–Kier alpha value is -5.83. The number of carbonyl (C=O) groups excluding carboxylic acids is 3. The molecule has 2 heterocycles. The van der Waals surface area contributed by atoms with Crippen molar-refractivity contribution in [3.8, 4) is 46.0 Å². The topological polar surface area (TPSA) is 241 Å². The summed E-state index contributed by atoms with van der Waals surface area (Å²) in [4.78, 5) is 38.9. The Morgan fingerprint density at radius 1 is 0.568 bits per heavy atom. The van der Waals surface area contributed by atoms with Gasteiger partial charge in [-0.15, -0.1) is 0 Å². The minimum absolute atomic E-state index is 0.225. The number of fused-ring (bicyclic) bond motifs is 2. The zero-order chi connectivity index (χ0) is 31.8. The Morgan fingerprint density at radius 2 is 1.09 bits per heavy atom. The smallest absolute Gasteiger partial charge is 0.341 e. The SMILES string of the molecule is O=C1C(=O)C(O)(c2ccc(OC3(c4ccc(O)cc4)Oc4cc(O)cc(O)c4C(=O)C3(O)O)cc2)Oc2cc(O)cc(O)c21. The lowest BCUT2D eigenvalue weighted by molar-refractivity contribution is -0.314. The summed E-state index contributed by atoms with van der Waals surface area (Å²) in [5.74, 6) is -17.7. The van der Waals surface area contributed by atoms with Gasteiger partial charge in [0.15, 0.2) is 0 Å². The summed E-state index contributed by atoms with van der Waals surface area (Å²) in [5, 5.41) is 83.4. The van der Waals surface area contributed by atoms with E-state index in [2.05, 4.69) is 0 Å². The zero-order valence-electron chi connectivity index (χ0n) is 22.0. The number of phenols is 5. The Morgan fingerprint density at radius 3 is 1.68 bits per heavy atom. The molecule has 0 saturated carbocycles. The van der Waals surface area contributed by atoms with E-state index in [-0.39, 0.29) is 22.6 Å². The second-order valence-electron chi connectivity index (χ2n) is 9.97. The number of carbonyl (C=O) groups is 3. The predicted octanol–water partition coefficient (Wildman–Crippen LogP) is 1.39. The van der Waals surface area contributed by atoms with Crippen molar-refractivity contribution in [3.63, 3.8) is 0 Å². The molecular formula is C30H20O14. The van der Waals surface area contributed by atoms with E-state index >= 15 is 0 Å². The van der Waals surface area contributed by atoms with Crippen molar-refractivity contribution < 1.29 is 69.4 Å². The summed E-state index contributed by atoms with van der Waals surface area (Å²) in [5.41, 5.74) is -1.78. The highest BCUT2D eigenvalue weighted by molar-refractivity contribution is 6.47. The largest absolute Gasteiger partial charge is 0.508 e. The monoisotopic (exact) mass is 604 g/mol. The Labute approximate surface area is 245 Å². The van der Waals surface area contributed by atoms with E-state index in [4.69, 9.17) is 14.2 Å². The lowest BCUT2D eigenvalue weighted by atomic mass is 9.86. The van der Waals surface area contributed by atoms with Crippen LogP contribution < -0.4 is 14.2 Å². The van der Waals surface area contributed by atoms with Crippen molar-refractivity contribution in [1.82, 2.24) is 0 Å². The fraction of sp³-hybridized carbons (Fsp3) is 0.100. The normalized spacial score (nSPS) is 21.9. The van der Waals surface area contributed by atoms with Crippen LogP contribution in [0, 0.1) is 0 Å². The lowest BCUT2D eigenvalue weighted by Crippen LogP contribution is -2.65. The number of rotatable bonds is 4. The van der Waals surface area contributed by atoms with Gasteiger partial charge in [0.05, 0.1) is 0 Å². The molecule has 14 heteroatoms. The van der Waals surface area contributed by atoms with Gasteiger partial charge in [-0.25, -0.2) is 0 Å². The van der Waals surface area contributed by atoms with Gasteiger partial charge < -0.3 is 55.1 Å². The second kappa shape index (κ2) is 9.34. The first-order valence-electron chi connectivity index (χ1n) is 12.6. The summed E-state index contributed by atoms with van der Waals surface area (Å²) in [7, 11) is 0. The highest BCUT2D eigenvalue weighted by atomic mass is 16.7. The molecule has 8 N–H and O–H groups in total. The van der Waals surface area contributed by atoms with Crippen molar-refractivity contribution in [2.45, 2.75) is 17.4 Å². The van der Waals surface area contributed by atoms with Crippen molar-refractivity contribution in [2.75, 3.05) is 0 Å². The number of benzene rings is 4. The maximum absolute atomic E-state index is 13.3. The molecule has 2 unspecified atom stereocenters. The van der Waals surface area contributed by atoms with E-state index in [1.165, 1.54) is 0 Å². The van der Waals surface area contributed by atoms with Crippen molar-refractivity contribution in [3.05, 3.63) is 95.1 Å². The molecule has 0 bridgehead atoms. The van der Waals surface area contributed by atoms with E-state index in [0.717, 1.165) is 72.8 Å². The van der Waals surface area contributed by atoms with E-state index < -0.39 is 80.3 Å². The van der Waals surface area contributed by atoms with Crippen LogP contribution in [-0.4, -0.2) is 64.0 Å². The molecule has 4 aromatic rings. The fourth-order valence-corrected chi connectivity index (χ4v) is 5.01. The molecule has 2 atom stereocenters. The van der Waals surface area contributed by atoms with Crippen LogP contribution in [0.15, 0.2) is 72.8 Å². The van der Waals surface area contributed by atoms with Crippen LogP contribution in [0.25, 0.3) is 0 Å². The molecule has 2 aliphatic heterocycles. The summed E-state index contributed by atoms with van der Waals surface area (Å²) >= 11 is 0. The minimum Gasteiger partial charge on any atom is -0.508 e. The Balaban J connectivity index is 1.43. The second-order valence-corrected chi connectivity index (χ2v) is 9.97. The van der Waals surface area contributed by atoms with Gasteiger partial charge in [0.25, 0.3) is 5.78 Å². The Kier molecular flexibility index (Phi) is 6.00. The van der Waals surface area contributed by atoms with Crippen molar-refractivity contribution in [1.29, 1.82) is 0 Å². The van der Waals surface area contributed by atoms with Gasteiger partial charge in [0, 0.05) is 35.4 Å². The van der Waals surface area contributed by atoms with Crippen molar-refractivity contribution >= 4 is 17.3 Å². The molecule has 6 rings (SSSR count). The molecule has 14 nitrogen and oxygen atoms in total. The van der Waals surface area contributed by atoms with E-state index in [9.17, 15) is 55.2 Å². The summed E-state index contributed by atoms with van der Waals surface area (Å²) in [6.07, 6.45) is 0. The van der Waals surface area contributed by atoms with E-state index in [1.807, 2.05) is 0 Å². The molecule has 0 aromatic heterocycles. The van der Waals surface area contributed by atoms with Crippen LogP contribution >= 0.6 is 0 Å². The lowest BCUT2D eigenvalue weighted by Gasteiger charge is -2.45. The molecule has 2 aliphatic rings. The number of aromatic hydroxyl groups is 5. The first kappa shape index (κ1) is 28.3. The van der Waals surface area contributed by atoms with Crippen LogP contribution in [0.1, 0.15) is 31.8 Å². The molecule has 0 aliphatic carbocycles. The van der Waals surface area contributed by atoms with E-state index in [0.29, 0.717) is 0 Å². The average Bonchev–Trinajstić information content (AvgIpc) is 2.94. The maximum atomic E-state index is 13.3. The molecule has 0 fully saturated rings. The van der Waals surface area contributed by atoms with Gasteiger partial charge in [-0.2, -0.15) is 0 Å². The third kappa shape index (κ3) is 3.97. The third-order valence-electron chi connectivity index (χ3n) is 7.14. The summed E-state index contributed by atoms with van der Waals surface area (Å²) in [6, 6.07) is 12.3. The number of aliphatic hydroxyl groups is 3. The first-order valence-corrected chi connectivity index (χ1v) is 12.6. The number of ether oxygens (including phenoxy) is 3. The molecule has 0 spiro atoms. The quantitative estimate of drug-likeness (QED) is 0.121. The number of hydrogen-bond donors (Lipinski definition) is 8. The molecule has 0 amide bonds. The van der Waals surface area contributed by atoms with Gasteiger partial charge in [-0.1, -0.05) is 0 Å². The molecule has 224 valence electrons. The predicted molar refractivity (Wildman–Crippen MR) is 142 cm³/mol. The zero-order valence-corrected chi connectivity index (χ0v) is 22.0. The number of Topliss-reactive ketones (excluding diaryl/α,β-unsaturated/α-hetero) is 3. The van der Waals surface area contributed by atoms with Crippen molar-refractivity contribution in [2.24, 2.45) is 0 Å². The maximum Gasteiger partial charge on any atom is 0.341 e. The van der Waals surface area contributed by atoms with Crippen LogP contribution in [0.3, 0.4) is 0 Å². The third-order valence-corrected chi connectivity index (χ3v) is 7.14. The first-order chi connectivity index (χ1) is 20.7. The molecule has 0 saturated heterocycles. The Bertz CT molecular complexity index is 1880. The van der Waals surface area contributed by atoms with Gasteiger partial charge >= 0.3 is 17.4 Å². The van der Waals surface area contributed by atoms with Gasteiger partial charge in [-0.05, 0) is 48.5 Å². The summed E-state index contributed by atoms with van der Waals surface area (Å²) < 4.78 is 17.0. The van der Waals surface area contributed by atoms with Crippen LogP contribution in [0.2, 0.25) is 0 Å². The molecule has 4 aromatic carbocycles. The standard InChI is InChI=1S/C30H20O14/c31-15-5-1-14(2-6-15)30(29(40,41)26(37)24-20(35)10-17(33)12-22(24)44-30)42-18-7-3-13(4-8-18)28(39)27(38)25(36)23-19(34)9-16(32)11-21(23)43-28/h1-12,31-35,39-41H. The molecule has 0 radical (unpaired) electrons. The molecular weight excluding hydrogens is 584 g/mol. The van der Waals surface area contributed by atoms with Crippen LogP contribution in [0.5, 0.6) is 46.0 Å². The van der Waals surface area contributed by atoms with Gasteiger partial charge in [0.2, 0.25) is 11.6 Å². The van der Waals surface area contributed by atoms with Gasteiger partial charge in [0.1, 0.15) is 57.1 Å². The van der Waals surface area contributed by atoms with E-state index in [1.54, 1.807) is 0 Å². The van der Waals surface area contributed by atoms with Crippen LogP contribution in [-0.2, 0) is 16.4 Å². The van der Waals surface area contributed by atoms with Gasteiger partial charge in [-0.3, -0.25) is 14.4 Å².